The maximum atomic E-state index is 12.5. The molecule has 3 N–H and O–H groups in total. The molecule has 0 radical (unpaired) electrons. The SMILES string of the molecule is CC(=O)c1ccc(-c2cncc3[nH]c(-c4n[nH]c5ccc(-c6cncc(NC(=O)C(C)(C)C)c6)cc45)nc23)s1. The fraction of sp³-hybridized carbons (Fsp3) is 0.172. The summed E-state index contributed by atoms with van der Waals surface area (Å²) in [6, 6.07) is 11.6. The predicted molar refractivity (Wildman–Crippen MR) is 154 cm³/mol. The van der Waals surface area contributed by atoms with E-state index in [4.69, 9.17) is 4.98 Å². The number of nitrogens with one attached hydrogen (secondary N) is 3. The van der Waals surface area contributed by atoms with E-state index in [1.165, 1.54) is 11.3 Å². The van der Waals surface area contributed by atoms with Gasteiger partial charge in [0.05, 0.1) is 34.0 Å². The normalized spacial score (nSPS) is 11.8. The van der Waals surface area contributed by atoms with E-state index in [0.717, 1.165) is 43.5 Å². The standard InChI is InChI=1S/C29H25N7O2S/c1-15(37)23-7-8-24(39-23)20-13-31-14-22-25(20)34-27(33-22)26-19-10-16(5-6-21(19)35-36-26)17-9-18(12-30-11-17)32-28(38)29(2,3)4/h5-14H,1-4H3,(H,32,38)(H,33,34)(H,35,36). The zero-order valence-corrected chi connectivity index (χ0v) is 22.6. The Bertz CT molecular complexity index is 1890. The van der Waals surface area contributed by atoms with Crippen molar-refractivity contribution in [1.82, 2.24) is 30.1 Å². The highest BCUT2D eigenvalue weighted by molar-refractivity contribution is 7.17. The van der Waals surface area contributed by atoms with Crippen LogP contribution in [0.15, 0.2) is 61.2 Å². The molecule has 6 rings (SSSR count). The first-order valence-electron chi connectivity index (χ1n) is 12.4. The number of carbonyl (C=O) groups is 2. The molecule has 0 aliphatic rings. The second-order valence-corrected chi connectivity index (χ2v) is 11.5. The van der Waals surface area contributed by atoms with Crippen molar-refractivity contribution in [3.05, 3.63) is 66.1 Å². The number of thiophene rings is 1. The van der Waals surface area contributed by atoms with Gasteiger partial charge >= 0.3 is 0 Å². The molecule has 194 valence electrons. The van der Waals surface area contributed by atoms with Gasteiger partial charge in [-0.2, -0.15) is 5.10 Å². The number of nitrogens with zero attached hydrogens (tertiary/aromatic N) is 4. The van der Waals surface area contributed by atoms with Crippen molar-refractivity contribution in [2.75, 3.05) is 5.32 Å². The fourth-order valence-corrected chi connectivity index (χ4v) is 5.17. The van der Waals surface area contributed by atoms with E-state index in [1.807, 2.05) is 57.2 Å². The number of hydrogen-bond acceptors (Lipinski definition) is 7. The molecule has 0 saturated heterocycles. The lowest BCUT2D eigenvalue weighted by Gasteiger charge is -2.17. The Hall–Kier alpha value is -4.70. The van der Waals surface area contributed by atoms with Gasteiger partial charge in [-0.15, -0.1) is 11.3 Å². The topological polar surface area (TPSA) is 129 Å². The molecule has 6 aromatic rings. The zero-order chi connectivity index (χ0) is 27.3. The van der Waals surface area contributed by atoms with Gasteiger partial charge in [0.25, 0.3) is 0 Å². The van der Waals surface area contributed by atoms with E-state index in [-0.39, 0.29) is 11.7 Å². The summed E-state index contributed by atoms with van der Waals surface area (Å²) >= 11 is 1.43. The highest BCUT2D eigenvalue weighted by atomic mass is 32.1. The van der Waals surface area contributed by atoms with Crippen molar-refractivity contribution in [3.8, 4) is 33.1 Å². The number of Topliss-reactive ketones (excluding diaryl/α,β-unsaturated/α-hetero) is 1. The Labute approximate surface area is 227 Å². The third-order valence-corrected chi connectivity index (χ3v) is 7.63. The van der Waals surface area contributed by atoms with Crippen LogP contribution in [0.25, 0.3) is 55.0 Å². The summed E-state index contributed by atoms with van der Waals surface area (Å²) in [5.41, 5.74) is 5.85. The number of imidazole rings is 1. The smallest absolute Gasteiger partial charge is 0.229 e. The number of benzene rings is 1. The van der Waals surface area contributed by atoms with Gasteiger partial charge in [-0.25, -0.2) is 4.98 Å². The minimum Gasteiger partial charge on any atom is -0.335 e. The number of aromatic amines is 2. The van der Waals surface area contributed by atoms with Gasteiger partial charge in [0.1, 0.15) is 11.2 Å². The van der Waals surface area contributed by atoms with Crippen LogP contribution in [0.3, 0.4) is 0 Å². The summed E-state index contributed by atoms with van der Waals surface area (Å²) < 4.78 is 0. The van der Waals surface area contributed by atoms with Crippen molar-refractivity contribution >= 4 is 50.7 Å². The molecule has 0 bridgehead atoms. The minimum atomic E-state index is -0.512. The molecule has 1 amide bonds. The maximum absolute atomic E-state index is 12.5. The van der Waals surface area contributed by atoms with Crippen molar-refractivity contribution in [1.29, 1.82) is 0 Å². The number of H-pyrrole nitrogens is 2. The van der Waals surface area contributed by atoms with Crippen LogP contribution < -0.4 is 5.32 Å². The van der Waals surface area contributed by atoms with Gasteiger partial charge in [-0.05, 0) is 42.8 Å². The third-order valence-electron chi connectivity index (χ3n) is 6.41. The Morgan fingerprint density at radius 3 is 2.51 bits per heavy atom. The van der Waals surface area contributed by atoms with Crippen molar-refractivity contribution < 1.29 is 9.59 Å². The Kier molecular flexibility index (Phi) is 5.84. The van der Waals surface area contributed by atoms with Crippen LogP contribution in [-0.4, -0.2) is 41.8 Å². The van der Waals surface area contributed by atoms with Crippen molar-refractivity contribution in [3.63, 3.8) is 0 Å². The number of pyridine rings is 2. The molecule has 10 heteroatoms. The minimum absolute atomic E-state index is 0.0326. The van der Waals surface area contributed by atoms with Gasteiger partial charge < -0.3 is 10.3 Å². The lowest BCUT2D eigenvalue weighted by molar-refractivity contribution is -0.123. The van der Waals surface area contributed by atoms with E-state index < -0.39 is 5.41 Å². The van der Waals surface area contributed by atoms with Gasteiger partial charge in [0.15, 0.2) is 11.6 Å². The van der Waals surface area contributed by atoms with E-state index in [1.54, 1.807) is 31.7 Å². The fourth-order valence-electron chi connectivity index (χ4n) is 4.26. The second-order valence-electron chi connectivity index (χ2n) is 10.4. The molecule has 0 spiro atoms. The molecular formula is C29H25N7O2S. The first-order chi connectivity index (χ1) is 18.7. The lowest BCUT2D eigenvalue weighted by atomic mass is 9.95. The number of amides is 1. The van der Waals surface area contributed by atoms with E-state index in [0.29, 0.717) is 22.1 Å². The van der Waals surface area contributed by atoms with Crippen molar-refractivity contribution in [2.24, 2.45) is 5.41 Å². The number of carbonyl (C=O) groups excluding carboxylic acids is 2. The molecule has 9 nitrogen and oxygen atoms in total. The summed E-state index contributed by atoms with van der Waals surface area (Å²) in [7, 11) is 0. The largest absolute Gasteiger partial charge is 0.335 e. The number of ketones is 1. The number of rotatable bonds is 5. The van der Waals surface area contributed by atoms with E-state index in [2.05, 4.69) is 30.5 Å². The van der Waals surface area contributed by atoms with Gasteiger partial charge in [-0.1, -0.05) is 26.8 Å². The van der Waals surface area contributed by atoms with Gasteiger partial charge in [0.2, 0.25) is 5.91 Å². The van der Waals surface area contributed by atoms with Crippen LogP contribution in [0, 0.1) is 5.41 Å². The second kappa shape index (κ2) is 9.25. The van der Waals surface area contributed by atoms with Crippen LogP contribution in [0.2, 0.25) is 0 Å². The molecular weight excluding hydrogens is 510 g/mol. The molecule has 0 saturated carbocycles. The highest BCUT2D eigenvalue weighted by Gasteiger charge is 2.22. The molecule has 0 fully saturated rings. The molecule has 0 atom stereocenters. The van der Waals surface area contributed by atoms with E-state index in [9.17, 15) is 9.59 Å². The Morgan fingerprint density at radius 2 is 1.74 bits per heavy atom. The molecule has 5 aromatic heterocycles. The van der Waals surface area contributed by atoms with Crippen LogP contribution in [0.5, 0.6) is 0 Å². The summed E-state index contributed by atoms with van der Waals surface area (Å²) in [4.78, 5) is 42.9. The molecule has 39 heavy (non-hydrogen) atoms. The molecule has 1 aromatic carbocycles. The number of fused-ring (bicyclic) bond motifs is 2. The van der Waals surface area contributed by atoms with Crippen LogP contribution in [-0.2, 0) is 4.79 Å². The monoisotopic (exact) mass is 535 g/mol. The molecule has 0 aliphatic heterocycles. The van der Waals surface area contributed by atoms with Crippen LogP contribution in [0.4, 0.5) is 5.69 Å². The highest BCUT2D eigenvalue weighted by Crippen LogP contribution is 2.35. The molecule has 0 aliphatic carbocycles. The van der Waals surface area contributed by atoms with E-state index >= 15 is 0 Å². The predicted octanol–water partition coefficient (Wildman–Crippen LogP) is 6.48. The average Bonchev–Trinajstić information content (AvgIpc) is 3.65. The van der Waals surface area contributed by atoms with Gasteiger partial charge in [0, 0.05) is 39.2 Å². The third kappa shape index (κ3) is 4.59. The summed E-state index contributed by atoms with van der Waals surface area (Å²) in [6.07, 6.45) is 6.91. The quantitative estimate of drug-likeness (QED) is 0.217. The summed E-state index contributed by atoms with van der Waals surface area (Å²) in [5, 5.41) is 11.5. The van der Waals surface area contributed by atoms with Crippen LogP contribution in [0.1, 0.15) is 37.4 Å². The first-order valence-corrected chi connectivity index (χ1v) is 13.2. The first kappa shape index (κ1) is 24.6. The summed E-state index contributed by atoms with van der Waals surface area (Å²) in [6.45, 7) is 7.17. The molecule has 0 unspecified atom stereocenters. The average molecular weight is 536 g/mol. The van der Waals surface area contributed by atoms with Crippen LogP contribution >= 0.6 is 11.3 Å². The molecule has 5 heterocycles. The van der Waals surface area contributed by atoms with Crippen molar-refractivity contribution in [2.45, 2.75) is 27.7 Å². The summed E-state index contributed by atoms with van der Waals surface area (Å²) in [5.74, 6) is 0.563. The van der Waals surface area contributed by atoms with Gasteiger partial charge in [-0.3, -0.25) is 24.7 Å². The Morgan fingerprint density at radius 1 is 0.923 bits per heavy atom. The number of aromatic nitrogens is 6. The lowest BCUT2D eigenvalue weighted by Crippen LogP contribution is -2.27. The number of hydrogen-bond donors (Lipinski definition) is 3. The Balaban J connectivity index is 1.39. The maximum Gasteiger partial charge on any atom is 0.229 e. The number of anilines is 1. The zero-order valence-electron chi connectivity index (χ0n) is 21.8.